The van der Waals surface area contributed by atoms with Crippen molar-refractivity contribution in [3.05, 3.63) is 161 Å². The van der Waals surface area contributed by atoms with Crippen LogP contribution in [0.2, 0.25) is 0 Å². The van der Waals surface area contributed by atoms with Crippen molar-refractivity contribution in [1.82, 2.24) is 22.8 Å². The van der Waals surface area contributed by atoms with Crippen LogP contribution >= 0.6 is 63.5 Å². The zero-order valence-corrected chi connectivity index (χ0v) is 75.3. The largest absolute Gasteiger partial charge is 2.00 e. The first-order valence-electron chi connectivity index (χ1n) is 32.4. The number of rotatable bonds is 5. The predicted octanol–water partition coefficient (Wildman–Crippen LogP) is 17.4. The Morgan fingerprint density at radius 1 is 0.368 bits per heavy atom. The zero-order chi connectivity index (χ0) is 61.9. The van der Waals surface area contributed by atoms with Crippen LogP contribution in [0, 0.1) is 63.6 Å². The van der Waals surface area contributed by atoms with E-state index in [9.17, 15) is 0 Å². The van der Waals surface area contributed by atoms with E-state index in [0.717, 1.165) is 11.3 Å². The summed E-state index contributed by atoms with van der Waals surface area (Å²) >= 11 is 17.5. The molecule has 0 saturated heterocycles. The molecule has 18 heteroatoms. The molecular weight excluding hydrogens is 1410 g/mol. The van der Waals surface area contributed by atoms with Gasteiger partial charge in [-0.05, 0) is 119 Å². The van der Waals surface area contributed by atoms with Crippen LogP contribution in [0.3, 0.4) is 0 Å². The van der Waals surface area contributed by atoms with Crippen LogP contribution in [0.1, 0.15) is 250 Å². The van der Waals surface area contributed by atoms with Crippen LogP contribution < -0.4 is 72.9 Å². The van der Waals surface area contributed by atoms with Crippen molar-refractivity contribution in [3.63, 3.8) is 0 Å². The molecule has 6 fully saturated rings. The number of aryl methyl sites for hydroxylation is 5. The molecule has 0 spiro atoms. The standard InChI is InChI=1S/2C14H24NP.C9H15ClNP.C5H7N.C5H6N.2C5H10.2C5H9.C4H9Cl2P.6CH3.3Fe.3Li/c2*1-14(2,3)16(12-8-5-6-9-12)13-10-7-11-15(13)4;1-9(2,3)12(10)8-6-5-7-11(8)4;2*1-6-4-2-3-5-6;4*1-2-4-5-3-1;1-4(2,3)7(5)6;;;;;;;;;;;;/h2*7,10-12H,5-6,8-9H2,1-4H3;5-7H,1-4H3;2-5H,1H3;2-4H,1H3;2*1-5H2;2*1H,2-5H2;1-3H3;6*1H3;;;;;;/q;;;;-1;;;2*-1;;6*-1;3*+2;3*+1. The molecule has 5 heterocycles. The van der Waals surface area contributed by atoms with Gasteiger partial charge < -0.3 is 80.2 Å². The van der Waals surface area contributed by atoms with Crippen LogP contribution in [0.4, 0.5) is 0 Å². The maximum Gasteiger partial charge on any atom is 2.00 e. The SMILES string of the molecule is C1CCCC1.C1CCCC1.CC(C)(C)P(Cl)Cl.Cn1[c-]ccc1.Cn1cccc1.Cn1cccc1P(C1CCCC1)C(C)(C)C.Cn1cccc1P(C1CCCC1)C(C)(C)C.Cn1cccc1P(Cl)C(C)(C)C.[CH-]1CCCC1.[CH-]1CCCC1.[CH3-].[CH3-].[CH3-].[CH3-].[CH3-].[CH3-].[Fe+2].[Fe+2].[Fe+2].[Li+].[Li+].[Li+]. The summed E-state index contributed by atoms with van der Waals surface area (Å²) < 4.78 is 10.7. The molecule has 6 saturated carbocycles. The molecule has 11 rings (SSSR count). The normalized spacial score (nSPS) is 15.8. The monoisotopic (exact) mass is 1550 g/mol. The van der Waals surface area contributed by atoms with Crippen LogP contribution in [-0.2, 0) is 86.4 Å². The first-order valence-corrected chi connectivity index (χ1v) is 40.6. The van der Waals surface area contributed by atoms with Gasteiger partial charge in [-0.1, -0.05) is 232 Å². The van der Waals surface area contributed by atoms with E-state index in [2.05, 4.69) is 152 Å². The molecule has 5 nitrogen and oxygen atoms in total. The number of nitrogens with zero attached hydrogens (tertiary/aromatic N) is 5. The maximum absolute atomic E-state index is 6.37. The quantitative estimate of drug-likeness (QED) is 0.0952. The van der Waals surface area contributed by atoms with Crippen molar-refractivity contribution in [2.45, 2.75) is 282 Å². The maximum atomic E-state index is 6.37. The van der Waals surface area contributed by atoms with Gasteiger partial charge in [-0.3, -0.25) is 0 Å². The van der Waals surface area contributed by atoms with Gasteiger partial charge in [0.1, 0.15) is 0 Å². The summed E-state index contributed by atoms with van der Waals surface area (Å²) in [6.45, 7) is 26.3. The first kappa shape index (κ1) is 121. The third-order valence-corrected chi connectivity index (χ3v) is 30.9. The zero-order valence-electron chi connectivity index (χ0n) is 66.2. The minimum absolute atomic E-state index is 0. The molecule has 6 aliphatic carbocycles. The van der Waals surface area contributed by atoms with Gasteiger partial charge in [-0.25, -0.2) is 0 Å². The van der Waals surface area contributed by atoms with Gasteiger partial charge in [0.15, 0.2) is 0 Å². The van der Waals surface area contributed by atoms with E-state index in [-0.39, 0.29) is 179 Å². The summed E-state index contributed by atoms with van der Waals surface area (Å²) in [5.41, 5.74) is 6.36. The number of hydrogen-bond donors (Lipinski definition) is 0. The van der Waals surface area contributed by atoms with Crippen molar-refractivity contribution in [1.29, 1.82) is 0 Å². The molecule has 5 aromatic rings. The van der Waals surface area contributed by atoms with E-state index in [1.165, 1.54) is 172 Å². The summed E-state index contributed by atoms with van der Waals surface area (Å²) in [6.07, 6.45) is 57.9. The molecule has 95 heavy (non-hydrogen) atoms. The molecule has 0 radical (unpaired) electrons. The molecule has 0 amide bonds. The van der Waals surface area contributed by atoms with Gasteiger partial charge in [-0.2, -0.15) is 37.8 Å². The molecular formula is C77H141Cl3Fe3Li3N5P4. The molecule has 3 atom stereocenters. The third-order valence-electron chi connectivity index (χ3n) is 15.4. The number of aromatic nitrogens is 5. The van der Waals surface area contributed by atoms with Gasteiger partial charge in [0.2, 0.25) is 0 Å². The van der Waals surface area contributed by atoms with E-state index >= 15 is 0 Å². The van der Waals surface area contributed by atoms with Gasteiger partial charge in [0.05, 0.1) is 12.1 Å². The molecule has 0 aliphatic heterocycles. The Kier molecular flexibility index (Phi) is 87.0. The van der Waals surface area contributed by atoms with E-state index < -0.39 is 13.9 Å². The Labute approximate surface area is 682 Å². The molecule has 542 valence electrons. The van der Waals surface area contributed by atoms with Crippen molar-refractivity contribution < 1.29 is 108 Å². The van der Waals surface area contributed by atoms with Gasteiger partial charge in [0, 0.05) is 87.6 Å². The summed E-state index contributed by atoms with van der Waals surface area (Å²) in [7, 11) is 9.78. The van der Waals surface area contributed by atoms with Crippen LogP contribution in [-0.4, -0.2) is 54.8 Å². The molecule has 0 bridgehead atoms. The smallest absolute Gasteiger partial charge is 0.473 e. The average molecular weight is 1560 g/mol. The molecule has 0 aromatic carbocycles. The van der Waals surface area contributed by atoms with E-state index in [4.69, 9.17) is 33.7 Å². The second-order valence-corrected chi connectivity index (χ2v) is 41.8. The second-order valence-electron chi connectivity index (χ2n) is 27.5. The summed E-state index contributed by atoms with van der Waals surface area (Å²) in [5.74, 6) is 0. The van der Waals surface area contributed by atoms with Gasteiger partial charge in [0.25, 0.3) is 0 Å². The summed E-state index contributed by atoms with van der Waals surface area (Å²) in [5, 5.41) is 1.16. The Hall–Kier alpha value is 2.34. The average Bonchev–Trinajstić information content (AvgIpc) is 1.77. The first-order chi connectivity index (χ1) is 39.2. The summed E-state index contributed by atoms with van der Waals surface area (Å²) in [4.78, 5) is 0. The van der Waals surface area contributed by atoms with Gasteiger partial charge in [-0.15, -0.1) is 12.4 Å². The molecule has 5 aromatic heterocycles. The molecule has 0 N–H and O–H groups in total. The summed E-state index contributed by atoms with van der Waals surface area (Å²) in [6, 6.07) is 21.0. The topological polar surface area (TPSA) is 24.6 Å². The fraction of sp³-hybridized carbons (Fsp3) is 0.636. The van der Waals surface area contributed by atoms with E-state index in [0.29, 0.717) is 10.3 Å². The van der Waals surface area contributed by atoms with E-state index in [1.54, 1.807) is 10.9 Å². The van der Waals surface area contributed by atoms with Crippen molar-refractivity contribution in [3.8, 4) is 0 Å². The number of halogens is 3. The Bertz CT molecular complexity index is 2110. The second kappa shape index (κ2) is 68.2. The molecule has 3 unspecified atom stereocenters. The minimum Gasteiger partial charge on any atom is -0.473 e. The fourth-order valence-electron chi connectivity index (χ4n) is 10.9. The van der Waals surface area contributed by atoms with Crippen LogP contribution in [0.15, 0.2) is 97.8 Å². The van der Waals surface area contributed by atoms with Crippen LogP contribution in [0.25, 0.3) is 0 Å². The molecule has 6 aliphatic rings. The third kappa shape index (κ3) is 55.5. The fourth-order valence-corrected chi connectivity index (χ4v) is 20.1. The van der Waals surface area contributed by atoms with Crippen LogP contribution in [0.5, 0.6) is 0 Å². The van der Waals surface area contributed by atoms with Crippen molar-refractivity contribution in [2.75, 3.05) is 0 Å². The Balaban J connectivity index is -0.0000000934. The Morgan fingerprint density at radius 3 is 0.789 bits per heavy atom. The predicted molar refractivity (Wildman–Crippen MR) is 424 cm³/mol. The Morgan fingerprint density at radius 2 is 0.642 bits per heavy atom. The number of hydrogen-bond acceptors (Lipinski definition) is 0. The van der Waals surface area contributed by atoms with Crippen molar-refractivity contribution >= 4 is 79.8 Å². The van der Waals surface area contributed by atoms with E-state index in [1.807, 2.05) is 106 Å². The minimum atomic E-state index is -0.797. The van der Waals surface area contributed by atoms with Crippen molar-refractivity contribution in [2.24, 2.45) is 35.2 Å². The van der Waals surface area contributed by atoms with Gasteiger partial charge >= 0.3 is 108 Å².